The second kappa shape index (κ2) is 8.34. The molecule has 0 aliphatic rings. The summed E-state index contributed by atoms with van der Waals surface area (Å²) in [5.41, 5.74) is 3.54. The maximum Gasteiger partial charge on any atom is 0.220 e. The average molecular weight is 333 g/mol. The van der Waals surface area contributed by atoms with Gasteiger partial charge in [0.25, 0.3) is 0 Å². The van der Waals surface area contributed by atoms with Gasteiger partial charge in [0.15, 0.2) is 0 Å². The van der Waals surface area contributed by atoms with Gasteiger partial charge in [-0.05, 0) is 41.7 Å². The molecule has 2 aromatic carbocycles. The Bertz CT molecular complexity index is 828. The zero-order valence-electron chi connectivity index (χ0n) is 14.0. The first-order valence-electron chi connectivity index (χ1n) is 8.48. The number of hydrogen-bond acceptors (Lipinski definition) is 2. The zero-order chi connectivity index (χ0) is 17.5. The monoisotopic (exact) mass is 333 g/mol. The van der Waals surface area contributed by atoms with Gasteiger partial charge >= 0.3 is 0 Å². The van der Waals surface area contributed by atoms with Crippen LogP contribution in [-0.2, 0) is 17.6 Å². The molecule has 0 N–H and O–H groups in total. The third-order valence-corrected chi connectivity index (χ3v) is 4.19. The largest absolute Gasteiger partial charge is 0.299 e. The molecule has 3 rings (SSSR count). The predicted octanol–water partition coefficient (Wildman–Crippen LogP) is 5.02. The fourth-order valence-corrected chi connectivity index (χ4v) is 2.85. The lowest BCUT2D eigenvalue weighted by molar-refractivity contribution is -0.118. The van der Waals surface area contributed by atoms with Crippen LogP contribution in [0.2, 0.25) is 0 Å². The highest BCUT2D eigenvalue weighted by molar-refractivity contribution is 5.80. The number of carbonyl (C=O) groups excluding carboxylic acids is 1. The van der Waals surface area contributed by atoms with E-state index in [4.69, 9.17) is 0 Å². The van der Waals surface area contributed by atoms with Gasteiger partial charge in [-0.3, -0.25) is 4.79 Å². The summed E-state index contributed by atoms with van der Waals surface area (Å²) in [6.45, 7) is 0. The maximum absolute atomic E-state index is 13.7. The molecule has 0 fully saturated rings. The number of ketones is 1. The van der Waals surface area contributed by atoms with Crippen LogP contribution in [0, 0.1) is 5.95 Å². The van der Waals surface area contributed by atoms with E-state index in [-0.39, 0.29) is 5.78 Å². The molecule has 0 amide bonds. The van der Waals surface area contributed by atoms with Crippen molar-refractivity contribution < 1.29 is 9.18 Å². The van der Waals surface area contributed by atoms with Crippen LogP contribution in [0.15, 0.2) is 72.9 Å². The molecule has 126 valence electrons. The van der Waals surface area contributed by atoms with Gasteiger partial charge in [-0.15, -0.1) is 0 Å². The summed E-state index contributed by atoms with van der Waals surface area (Å²) in [6, 6.07) is 21.1. The number of hydrogen-bond donors (Lipinski definition) is 0. The van der Waals surface area contributed by atoms with Crippen molar-refractivity contribution >= 4 is 5.78 Å². The summed E-state index contributed by atoms with van der Waals surface area (Å²) in [6.07, 6.45) is 4.19. The minimum atomic E-state index is -0.457. The Morgan fingerprint density at radius 3 is 2.36 bits per heavy atom. The van der Waals surface area contributed by atoms with Gasteiger partial charge < -0.3 is 0 Å². The third kappa shape index (κ3) is 4.83. The number of benzene rings is 2. The molecule has 25 heavy (non-hydrogen) atoms. The minimum Gasteiger partial charge on any atom is -0.299 e. The molecule has 0 bridgehead atoms. The van der Waals surface area contributed by atoms with Crippen LogP contribution in [0.1, 0.15) is 24.0 Å². The van der Waals surface area contributed by atoms with Crippen LogP contribution in [-0.4, -0.2) is 10.8 Å². The highest BCUT2D eigenvalue weighted by atomic mass is 19.1. The van der Waals surface area contributed by atoms with Crippen LogP contribution in [0.25, 0.3) is 11.1 Å². The van der Waals surface area contributed by atoms with E-state index in [0.29, 0.717) is 18.4 Å². The lowest BCUT2D eigenvalue weighted by Crippen LogP contribution is -2.03. The van der Waals surface area contributed by atoms with Gasteiger partial charge in [0.1, 0.15) is 5.78 Å². The van der Waals surface area contributed by atoms with Crippen molar-refractivity contribution in [3.05, 3.63) is 90.0 Å². The fourth-order valence-electron chi connectivity index (χ4n) is 2.85. The van der Waals surface area contributed by atoms with Crippen molar-refractivity contribution in [3.63, 3.8) is 0 Å². The smallest absolute Gasteiger partial charge is 0.220 e. The molecule has 0 radical (unpaired) electrons. The summed E-state index contributed by atoms with van der Waals surface area (Å²) in [4.78, 5) is 15.7. The predicted molar refractivity (Wildman–Crippen MR) is 97.7 cm³/mol. The first-order valence-corrected chi connectivity index (χ1v) is 8.48. The number of nitrogens with zero attached hydrogens (tertiary/aromatic N) is 1. The highest BCUT2D eigenvalue weighted by Gasteiger charge is 2.06. The van der Waals surface area contributed by atoms with Gasteiger partial charge in [0.05, 0.1) is 0 Å². The van der Waals surface area contributed by atoms with Gasteiger partial charge in [0.2, 0.25) is 5.95 Å². The van der Waals surface area contributed by atoms with E-state index in [0.717, 1.165) is 29.5 Å². The fraction of sp³-hybridized carbons (Fsp3) is 0.182. The number of rotatable bonds is 7. The van der Waals surface area contributed by atoms with E-state index in [1.165, 1.54) is 6.20 Å². The number of pyridine rings is 1. The number of Topliss-reactive ketones (excluding diaryl/α,β-unsaturated/α-hetero) is 1. The van der Waals surface area contributed by atoms with Gasteiger partial charge in [-0.25, -0.2) is 4.98 Å². The molecular formula is C22H20FNO. The van der Waals surface area contributed by atoms with Crippen molar-refractivity contribution in [2.75, 3.05) is 0 Å². The molecule has 0 saturated carbocycles. The molecule has 3 heteroatoms. The molecule has 0 spiro atoms. The lowest BCUT2D eigenvalue weighted by Gasteiger charge is -2.05. The summed E-state index contributed by atoms with van der Waals surface area (Å²) in [7, 11) is 0. The van der Waals surface area contributed by atoms with Crippen LogP contribution in [0.3, 0.4) is 0 Å². The summed E-state index contributed by atoms with van der Waals surface area (Å²) in [5.74, 6) is -0.193. The van der Waals surface area contributed by atoms with E-state index in [9.17, 15) is 9.18 Å². The van der Waals surface area contributed by atoms with Crippen LogP contribution >= 0.6 is 0 Å². The van der Waals surface area contributed by atoms with Crippen LogP contribution in [0.4, 0.5) is 4.39 Å². The van der Waals surface area contributed by atoms with Crippen molar-refractivity contribution in [2.45, 2.75) is 25.7 Å². The van der Waals surface area contributed by atoms with E-state index in [2.05, 4.69) is 4.98 Å². The Balaban J connectivity index is 1.51. The molecule has 2 nitrogen and oxygen atoms in total. The minimum absolute atomic E-state index is 0.264. The van der Waals surface area contributed by atoms with Crippen molar-refractivity contribution in [2.24, 2.45) is 0 Å². The van der Waals surface area contributed by atoms with Crippen LogP contribution < -0.4 is 0 Å². The van der Waals surface area contributed by atoms with Gasteiger partial charge in [-0.2, -0.15) is 4.39 Å². The second-order valence-corrected chi connectivity index (χ2v) is 6.09. The number of halogens is 1. The Hall–Kier alpha value is -2.81. The van der Waals surface area contributed by atoms with Crippen LogP contribution in [0.5, 0.6) is 0 Å². The number of carbonyl (C=O) groups is 1. The molecule has 0 saturated heterocycles. The zero-order valence-corrected chi connectivity index (χ0v) is 14.0. The first kappa shape index (κ1) is 17.0. The molecule has 0 atom stereocenters. The summed E-state index contributed by atoms with van der Waals surface area (Å²) in [5, 5.41) is 0. The van der Waals surface area contributed by atoms with Gasteiger partial charge in [-0.1, -0.05) is 54.6 Å². The SMILES string of the molecule is O=C(CCCc1ccc(-c2cccnc2F)cc1)Cc1ccccc1. The molecule has 0 aliphatic carbocycles. The highest BCUT2D eigenvalue weighted by Crippen LogP contribution is 2.22. The summed E-state index contributed by atoms with van der Waals surface area (Å²) < 4.78 is 13.7. The summed E-state index contributed by atoms with van der Waals surface area (Å²) >= 11 is 0. The third-order valence-electron chi connectivity index (χ3n) is 4.19. The first-order chi connectivity index (χ1) is 12.2. The van der Waals surface area contributed by atoms with Crippen molar-refractivity contribution in [1.82, 2.24) is 4.98 Å². The topological polar surface area (TPSA) is 30.0 Å². The van der Waals surface area contributed by atoms with E-state index < -0.39 is 5.95 Å². The van der Waals surface area contributed by atoms with E-state index in [1.54, 1.807) is 12.1 Å². The van der Waals surface area contributed by atoms with Gasteiger partial charge in [0, 0.05) is 24.6 Å². The quantitative estimate of drug-likeness (QED) is 0.568. The van der Waals surface area contributed by atoms with Crippen molar-refractivity contribution in [3.8, 4) is 11.1 Å². The second-order valence-electron chi connectivity index (χ2n) is 6.09. The molecule has 3 aromatic rings. The maximum atomic E-state index is 13.7. The molecular weight excluding hydrogens is 313 g/mol. The Labute approximate surface area is 147 Å². The van der Waals surface area contributed by atoms with E-state index >= 15 is 0 Å². The number of aromatic nitrogens is 1. The average Bonchev–Trinajstić information content (AvgIpc) is 2.64. The molecule has 0 unspecified atom stereocenters. The molecule has 0 aliphatic heterocycles. The number of aryl methyl sites for hydroxylation is 1. The Morgan fingerprint density at radius 2 is 1.64 bits per heavy atom. The van der Waals surface area contributed by atoms with Crippen molar-refractivity contribution in [1.29, 1.82) is 0 Å². The molecule has 1 aromatic heterocycles. The lowest BCUT2D eigenvalue weighted by atomic mass is 10.0. The van der Waals surface area contributed by atoms with E-state index in [1.807, 2.05) is 54.6 Å². The Morgan fingerprint density at radius 1 is 0.880 bits per heavy atom. The molecule has 1 heterocycles. The standard InChI is InChI=1S/C22H20FNO/c23-22-21(10-5-15-24-22)19-13-11-17(12-14-19)8-4-9-20(25)16-18-6-2-1-3-7-18/h1-3,5-7,10-15H,4,8-9,16H2. The Kier molecular flexibility index (Phi) is 5.68. The normalized spacial score (nSPS) is 10.6.